The highest BCUT2D eigenvalue weighted by atomic mass is 79.9. The number of carbonyl (C=O) groups is 1. The molecule has 0 unspecified atom stereocenters. The molecule has 8 nitrogen and oxygen atoms in total. The fourth-order valence-electron chi connectivity index (χ4n) is 3.09. The number of hydrogen-bond donors (Lipinski definition) is 1. The Bertz CT molecular complexity index is 859. The second kappa shape index (κ2) is 6.85. The number of rotatable bonds is 3. The highest BCUT2D eigenvalue weighted by Crippen LogP contribution is 2.25. The predicted molar refractivity (Wildman–Crippen MR) is 94.4 cm³/mol. The lowest BCUT2D eigenvalue weighted by Crippen LogP contribution is -2.59. The van der Waals surface area contributed by atoms with Gasteiger partial charge in [0.2, 0.25) is 10.0 Å². The number of halogens is 1. The van der Waals surface area contributed by atoms with E-state index < -0.39 is 10.0 Å². The first kappa shape index (κ1) is 18.0. The van der Waals surface area contributed by atoms with Gasteiger partial charge in [-0.1, -0.05) is 27.2 Å². The van der Waals surface area contributed by atoms with Gasteiger partial charge in [0, 0.05) is 29.6 Å². The van der Waals surface area contributed by atoms with Crippen molar-refractivity contribution in [3.63, 3.8) is 0 Å². The largest absolute Gasteiger partial charge is 0.329 e. The number of amides is 1. The van der Waals surface area contributed by atoms with Crippen LogP contribution in [0.4, 0.5) is 0 Å². The van der Waals surface area contributed by atoms with Crippen molar-refractivity contribution in [2.45, 2.75) is 30.8 Å². The minimum atomic E-state index is -3.62. The average Bonchev–Trinajstić information content (AvgIpc) is 3.08. The van der Waals surface area contributed by atoms with Crippen LogP contribution in [0, 0.1) is 0 Å². The number of nitrogens with one attached hydrogen (secondary N) is 1. The van der Waals surface area contributed by atoms with E-state index in [0.717, 1.165) is 0 Å². The molecule has 3 rings (SSSR count). The maximum Gasteiger partial charge on any atom is 0.276 e. The molecule has 2 aromatic rings. The highest BCUT2D eigenvalue weighted by Gasteiger charge is 2.39. The second-order valence-electron chi connectivity index (χ2n) is 6.05. The number of aromatic nitrogens is 3. The Balaban J connectivity index is 1.83. The molecule has 2 heterocycles. The summed E-state index contributed by atoms with van der Waals surface area (Å²) < 4.78 is 28.0. The van der Waals surface area contributed by atoms with E-state index >= 15 is 0 Å². The van der Waals surface area contributed by atoms with Crippen molar-refractivity contribution < 1.29 is 13.2 Å². The topological polar surface area (TPSA) is 99.3 Å². The van der Waals surface area contributed by atoms with Crippen LogP contribution in [0.2, 0.25) is 0 Å². The Labute approximate surface area is 154 Å². The summed E-state index contributed by atoms with van der Waals surface area (Å²) in [6.45, 7) is 4.11. The molecule has 1 N–H and O–H groups in total. The van der Waals surface area contributed by atoms with Crippen molar-refractivity contribution in [2.24, 2.45) is 0 Å². The maximum atomic E-state index is 12.9. The van der Waals surface area contributed by atoms with E-state index in [1.165, 1.54) is 10.5 Å². The summed E-state index contributed by atoms with van der Waals surface area (Å²) in [5.74, 6) is -0.256. The van der Waals surface area contributed by atoms with E-state index in [1.807, 2.05) is 13.8 Å². The van der Waals surface area contributed by atoms with Gasteiger partial charge in [0.05, 0.1) is 11.1 Å². The number of hydrogen-bond acceptors (Lipinski definition) is 5. The smallest absolute Gasteiger partial charge is 0.276 e. The van der Waals surface area contributed by atoms with Crippen LogP contribution in [0.5, 0.6) is 0 Å². The first-order valence-electron chi connectivity index (χ1n) is 7.75. The van der Waals surface area contributed by atoms with E-state index in [1.54, 1.807) is 29.2 Å². The number of piperazine rings is 1. The van der Waals surface area contributed by atoms with Crippen LogP contribution in [-0.2, 0) is 10.0 Å². The molecule has 0 aliphatic carbocycles. The van der Waals surface area contributed by atoms with Crippen molar-refractivity contribution >= 4 is 31.9 Å². The molecule has 0 radical (unpaired) electrons. The number of benzene rings is 1. The van der Waals surface area contributed by atoms with Gasteiger partial charge < -0.3 is 4.90 Å². The van der Waals surface area contributed by atoms with Gasteiger partial charge in [-0.15, -0.1) is 5.10 Å². The summed E-state index contributed by atoms with van der Waals surface area (Å²) in [4.78, 5) is 14.5. The van der Waals surface area contributed by atoms with E-state index in [9.17, 15) is 13.2 Å². The second-order valence-corrected chi connectivity index (χ2v) is 8.90. The lowest BCUT2D eigenvalue weighted by Gasteiger charge is -2.43. The minimum absolute atomic E-state index is 0.224. The van der Waals surface area contributed by atoms with Crippen molar-refractivity contribution in [1.82, 2.24) is 24.6 Å². The molecule has 0 bridgehead atoms. The maximum absolute atomic E-state index is 12.9. The number of H-pyrrole nitrogens is 1. The summed E-state index contributed by atoms with van der Waals surface area (Å²) in [6, 6.07) is 6.05. The van der Waals surface area contributed by atoms with Gasteiger partial charge in [-0.3, -0.25) is 9.89 Å². The molecule has 134 valence electrons. The molecule has 0 saturated carbocycles. The molecule has 1 amide bonds. The lowest BCUT2D eigenvalue weighted by atomic mass is 10.1. The normalized spacial score (nSPS) is 22.1. The first-order chi connectivity index (χ1) is 11.8. The van der Waals surface area contributed by atoms with Gasteiger partial charge in [-0.2, -0.15) is 4.31 Å². The van der Waals surface area contributed by atoms with Gasteiger partial charge in [0.15, 0.2) is 5.69 Å². The molecule has 1 aromatic heterocycles. The number of carbonyl (C=O) groups excluding carboxylic acids is 1. The number of aromatic amines is 1. The van der Waals surface area contributed by atoms with Crippen LogP contribution < -0.4 is 0 Å². The Morgan fingerprint density at radius 3 is 2.52 bits per heavy atom. The third kappa shape index (κ3) is 3.46. The third-order valence-electron chi connectivity index (χ3n) is 4.19. The molecular formula is C15H18BrN5O3S. The SMILES string of the molecule is C[C@@H]1CN(S(=O)(=O)c2cccc(Br)c2)C[C@H](C)N1C(=O)c1c[nH]nn1. The van der Waals surface area contributed by atoms with E-state index in [-0.39, 0.29) is 41.7 Å². The quantitative estimate of drug-likeness (QED) is 0.799. The lowest BCUT2D eigenvalue weighted by molar-refractivity contribution is 0.0434. The molecule has 1 saturated heterocycles. The standard InChI is InChI=1S/C15H18BrN5O3S/c1-10-8-20(25(23,24)13-5-3-4-12(16)6-13)9-11(2)21(10)15(22)14-7-17-19-18-14/h3-7,10-11H,8-9H2,1-2H3,(H,17,18,19)/t10-,11+. The van der Waals surface area contributed by atoms with E-state index in [0.29, 0.717) is 4.47 Å². The van der Waals surface area contributed by atoms with Crippen LogP contribution in [0.3, 0.4) is 0 Å². The average molecular weight is 428 g/mol. The zero-order valence-electron chi connectivity index (χ0n) is 13.8. The van der Waals surface area contributed by atoms with Crippen LogP contribution in [0.15, 0.2) is 39.8 Å². The van der Waals surface area contributed by atoms with Crippen molar-refractivity contribution in [2.75, 3.05) is 13.1 Å². The molecule has 1 aromatic carbocycles. The Kier molecular flexibility index (Phi) is 4.94. The summed E-state index contributed by atoms with van der Waals surface area (Å²) >= 11 is 3.30. The Morgan fingerprint density at radius 2 is 1.96 bits per heavy atom. The molecule has 1 aliphatic rings. The minimum Gasteiger partial charge on any atom is -0.329 e. The fourth-order valence-corrected chi connectivity index (χ4v) is 5.29. The fraction of sp³-hybridized carbons (Fsp3) is 0.400. The van der Waals surface area contributed by atoms with Crippen LogP contribution in [-0.4, -0.2) is 64.1 Å². The molecule has 2 atom stereocenters. The summed E-state index contributed by atoms with van der Waals surface area (Å²) in [7, 11) is -3.62. The zero-order chi connectivity index (χ0) is 18.2. The summed E-state index contributed by atoms with van der Waals surface area (Å²) in [6.07, 6.45) is 1.44. The number of sulfonamides is 1. The monoisotopic (exact) mass is 427 g/mol. The molecule has 0 spiro atoms. The van der Waals surface area contributed by atoms with Gasteiger partial charge in [0.25, 0.3) is 5.91 Å². The zero-order valence-corrected chi connectivity index (χ0v) is 16.2. The predicted octanol–water partition coefficient (Wildman–Crippen LogP) is 1.49. The van der Waals surface area contributed by atoms with Crippen molar-refractivity contribution in [1.29, 1.82) is 0 Å². The van der Waals surface area contributed by atoms with E-state index in [4.69, 9.17) is 0 Å². The molecule has 25 heavy (non-hydrogen) atoms. The van der Waals surface area contributed by atoms with Crippen molar-refractivity contribution in [3.8, 4) is 0 Å². The first-order valence-corrected chi connectivity index (χ1v) is 9.99. The van der Waals surface area contributed by atoms with Gasteiger partial charge in [0.1, 0.15) is 0 Å². The van der Waals surface area contributed by atoms with Gasteiger partial charge >= 0.3 is 0 Å². The van der Waals surface area contributed by atoms with Crippen LogP contribution >= 0.6 is 15.9 Å². The van der Waals surface area contributed by atoms with Gasteiger partial charge in [-0.25, -0.2) is 8.42 Å². The van der Waals surface area contributed by atoms with Crippen molar-refractivity contribution in [3.05, 3.63) is 40.6 Å². The third-order valence-corrected chi connectivity index (χ3v) is 6.51. The van der Waals surface area contributed by atoms with Gasteiger partial charge in [-0.05, 0) is 32.0 Å². The molecule has 1 fully saturated rings. The van der Waals surface area contributed by atoms with E-state index in [2.05, 4.69) is 31.3 Å². The summed E-state index contributed by atoms with van der Waals surface area (Å²) in [5.41, 5.74) is 0.224. The molecule has 10 heteroatoms. The number of nitrogens with zero attached hydrogens (tertiary/aromatic N) is 4. The highest BCUT2D eigenvalue weighted by molar-refractivity contribution is 9.10. The molecule has 1 aliphatic heterocycles. The molecular weight excluding hydrogens is 410 g/mol. The van der Waals surface area contributed by atoms with Crippen LogP contribution in [0.1, 0.15) is 24.3 Å². The van der Waals surface area contributed by atoms with Crippen LogP contribution in [0.25, 0.3) is 0 Å². The Hall–Kier alpha value is -1.78. The Morgan fingerprint density at radius 1 is 1.28 bits per heavy atom. The summed E-state index contributed by atoms with van der Waals surface area (Å²) in [5, 5.41) is 9.83.